The van der Waals surface area contributed by atoms with Crippen molar-refractivity contribution in [1.82, 2.24) is 20.1 Å². The van der Waals surface area contributed by atoms with Gasteiger partial charge in [-0.25, -0.2) is 4.79 Å². The Labute approximate surface area is 141 Å². The number of urea groups is 1. The van der Waals surface area contributed by atoms with E-state index in [0.29, 0.717) is 16.5 Å². The third-order valence-corrected chi connectivity index (χ3v) is 3.86. The summed E-state index contributed by atoms with van der Waals surface area (Å²) in [6, 6.07) is 3.42. The molecule has 2 rings (SSSR count). The second-order valence-electron chi connectivity index (χ2n) is 5.95. The molecule has 0 aliphatic heterocycles. The maximum Gasteiger partial charge on any atom is 0.319 e. The lowest BCUT2D eigenvalue weighted by Gasteiger charge is -2.18. The lowest BCUT2D eigenvalue weighted by atomic mass is 10.1. The first-order chi connectivity index (χ1) is 10.8. The molecule has 7 heteroatoms. The van der Waals surface area contributed by atoms with Crippen LogP contribution in [0.15, 0.2) is 18.5 Å². The lowest BCUT2D eigenvalue weighted by molar-refractivity contribution is 0.248. The van der Waals surface area contributed by atoms with E-state index in [9.17, 15) is 4.79 Å². The van der Waals surface area contributed by atoms with Crippen LogP contribution >= 0.6 is 11.6 Å². The maximum absolute atomic E-state index is 12.3. The predicted octanol–water partition coefficient (Wildman–Crippen LogP) is 4.01. The summed E-state index contributed by atoms with van der Waals surface area (Å²) in [5, 5.41) is 14.2. The molecule has 2 N–H and O–H groups in total. The van der Waals surface area contributed by atoms with Gasteiger partial charge in [0.1, 0.15) is 6.33 Å². The predicted molar refractivity (Wildman–Crippen MR) is 91.9 cm³/mol. The number of anilines is 1. The van der Waals surface area contributed by atoms with E-state index in [0.717, 1.165) is 11.1 Å². The number of aryl methyl sites for hydroxylation is 2. The molecule has 0 saturated heterocycles. The molecule has 6 nitrogen and oxygen atoms in total. The van der Waals surface area contributed by atoms with Gasteiger partial charge in [-0.05, 0) is 51.8 Å². The summed E-state index contributed by atoms with van der Waals surface area (Å²) in [4.78, 5) is 12.3. The second-order valence-corrected chi connectivity index (χ2v) is 6.36. The zero-order chi connectivity index (χ0) is 17.1. The van der Waals surface area contributed by atoms with Crippen molar-refractivity contribution in [3.05, 3.63) is 40.4 Å². The number of amides is 2. The molecule has 0 bridgehead atoms. The fourth-order valence-electron chi connectivity index (χ4n) is 2.44. The molecule has 0 fully saturated rings. The zero-order valence-electron chi connectivity index (χ0n) is 14.0. The highest BCUT2D eigenvalue weighted by Crippen LogP contribution is 2.27. The minimum Gasteiger partial charge on any atom is -0.328 e. The zero-order valence-corrected chi connectivity index (χ0v) is 14.8. The van der Waals surface area contributed by atoms with E-state index in [1.807, 2.05) is 51.3 Å². The summed E-state index contributed by atoms with van der Waals surface area (Å²) in [6.45, 7) is 9.81. The van der Waals surface area contributed by atoms with Gasteiger partial charge in [-0.3, -0.25) is 0 Å². The van der Waals surface area contributed by atoms with Crippen molar-refractivity contribution in [2.45, 2.75) is 46.7 Å². The number of nitrogens with zero attached hydrogens (tertiary/aromatic N) is 3. The molecular formula is C16H22ClN5O. The van der Waals surface area contributed by atoms with E-state index in [1.54, 1.807) is 6.33 Å². The molecule has 0 aliphatic rings. The maximum atomic E-state index is 12.3. The Kier molecular flexibility index (Phi) is 5.26. The number of carbonyl (C=O) groups is 1. The van der Waals surface area contributed by atoms with Crippen LogP contribution in [0, 0.1) is 13.8 Å². The van der Waals surface area contributed by atoms with Crippen LogP contribution in [0.2, 0.25) is 5.02 Å². The number of hydrogen-bond donors (Lipinski definition) is 2. The molecule has 1 aromatic carbocycles. The summed E-state index contributed by atoms with van der Waals surface area (Å²) in [5.74, 6) is 0.710. The first-order valence-corrected chi connectivity index (χ1v) is 7.91. The molecule has 2 aromatic rings. The molecule has 1 heterocycles. The molecule has 0 spiro atoms. The summed E-state index contributed by atoms with van der Waals surface area (Å²) in [7, 11) is 0. The van der Waals surface area contributed by atoms with Crippen LogP contribution in [0.4, 0.5) is 10.5 Å². The van der Waals surface area contributed by atoms with Crippen LogP contribution in [0.25, 0.3) is 0 Å². The van der Waals surface area contributed by atoms with E-state index in [-0.39, 0.29) is 18.1 Å². The monoisotopic (exact) mass is 335 g/mol. The summed E-state index contributed by atoms with van der Waals surface area (Å²) in [5.41, 5.74) is 2.59. The highest BCUT2D eigenvalue weighted by atomic mass is 35.5. The molecular weight excluding hydrogens is 314 g/mol. The first-order valence-electron chi connectivity index (χ1n) is 7.53. The summed E-state index contributed by atoms with van der Waals surface area (Å²) in [6.07, 6.45) is 1.66. The minimum absolute atomic E-state index is 0.223. The second kappa shape index (κ2) is 7.00. The molecule has 23 heavy (non-hydrogen) atoms. The molecule has 0 saturated carbocycles. The number of benzene rings is 1. The Hall–Kier alpha value is -2.08. The van der Waals surface area contributed by atoms with Crippen molar-refractivity contribution in [2.24, 2.45) is 0 Å². The molecule has 2 amide bonds. The van der Waals surface area contributed by atoms with Gasteiger partial charge in [0.25, 0.3) is 0 Å². The summed E-state index contributed by atoms with van der Waals surface area (Å²) >= 11 is 6.21. The van der Waals surface area contributed by atoms with Crippen LogP contribution in [-0.2, 0) is 0 Å². The SMILES string of the molecule is Cc1cc(C)c(NC(=O)N[C@@H](C)c2nncn2C(C)C)c(Cl)c1. The van der Waals surface area contributed by atoms with E-state index in [4.69, 9.17) is 11.6 Å². The molecule has 1 atom stereocenters. The van der Waals surface area contributed by atoms with Crippen molar-refractivity contribution in [2.75, 3.05) is 5.32 Å². The number of halogens is 1. The fourth-order valence-corrected chi connectivity index (χ4v) is 2.81. The van der Waals surface area contributed by atoms with Crippen molar-refractivity contribution >= 4 is 23.3 Å². The third kappa shape index (κ3) is 4.01. The Morgan fingerprint density at radius 3 is 2.57 bits per heavy atom. The van der Waals surface area contributed by atoms with Crippen LogP contribution in [0.5, 0.6) is 0 Å². The standard InChI is InChI=1S/C16H22ClN5O/c1-9(2)22-8-18-21-15(22)12(5)19-16(23)20-14-11(4)6-10(3)7-13(14)17/h6-9,12H,1-5H3,(H2,19,20,23)/t12-/m0/s1. The average Bonchev–Trinajstić information content (AvgIpc) is 2.92. The highest BCUT2D eigenvalue weighted by Gasteiger charge is 2.18. The van der Waals surface area contributed by atoms with Gasteiger partial charge in [0.05, 0.1) is 16.8 Å². The van der Waals surface area contributed by atoms with Gasteiger partial charge in [0.15, 0.2) is 5.82 Å². The number of nitrogens with one attached hydrogen (secondary N) is 2. The molecule has 0 aliphatic carbocycles. The third-order valence-electron chi connectivity index (χ3n) is 3.56. The topological polar surface area (TPSA) is 71.8 Å². The van der Waals surface area contributed by atoms with Crippen molar-refractivity contribution in [3.63, 3.8) is 0 Å². The Bertz CT molecular complexity index is 687. The van der Waals surface area contributed by atoms with E-state index < -0.39 is 0 Å². The van der Waals surface area contributed by atoms with Gasteiger partial charge in [-0.1, -0.05) is 17.7 Å². The highest BCUT2D eigenvalue weighted by molar-refractivity contribution is 6.34. The average molecular weight is 336 g/mol. The lowest BCUT2D eigenvalue weighted by Crippen LogP contribution is -2.33. The van der Waals surface area contributed by atoms with Crippen molar-refractivity contribution < 1.29 is 4.79 Å². The van der Waals surface area contributed by atoms with Gasteiger partial charge < -0.3 is 15.2 Å². The van der Waals surface area contributed by atoms with Crippen LogP contribution in [0.1, 0.15) is 49.8 Å². The fraction of sp³-hybridized carbons (Fsp3) is 0.438. The van der Waals surface area contributed by atoms with Crippen molar-refractivity contribution in [3.8, 4) is 0 Å². The first kappa shape index (κ1) is 17.3. The number of carbonyl (C=O) groups excluding carboxylic acids is 1. The van der Waals surface area contributed by atoms with Gasteiger partial charge in [0, 0.05) is 6.04 Å². The van der Waals surface area contributed by atoms with Gasteiger partial charge in [0.2, 0.25) is 0 Å². The Morgan fingerprint density at radius 1 is 1.26 bits per heavy atom. The van der Waals surface area contributed by atoms with Gasteiger partial charge >= 0.3 is 6.03 Å². The molecule has 0 unspecified atom stereocenters. The van der Waals surface area contributed by atoms with E-state index in [2.05, 4.69) is 20.8 Å². The minimum atomic E-state index is -0.329. The summed E-state index contributed by atoms with van der Waals surface area (Å²) < 4.78 is 1.93. The molecule has 1 aromatic heterocycles. The van der Waals surface area contributed by atoms with Gasteiger partial charge in [-0.2, -0.15) is 0 Å². The van der Waals surface area contributed by atoms with Crippen LogP contribution in [-0.4, -0.2) is 20.8 Å². The Balaban J connectivity index is 2.09. The number of aromatic nitrogens is 3. The van der Waals surface area contributed by atoms with E-state index >= 15 is 0 Å². The van der Waals surface area contributed by atoms with Crippen LogP contribution < -0.4 is 10.6 Å². The van der Waals surface area contributed by atoms with Crippen molar-refractivity contribution in [1.29, 1.82) is 0 Å². The number of rotatable bonds is 4. The number of hydrogen-bond acceptors (Lipinski definition) is 3. The quantitative estimate of drug-likeness (QED) is 0.886. The smallest absolute Gasteiger partial charge is 0.319 e. The van der Waals surface area contributed by atoms with Gasteiger partial charge in [-0.15, -0.1) is 10.2 Å². The molecule has 0 radical (unpaired) electrons. The Morgan fingerprint density at radius 2 is 1.96 bits per heavy atom. The normalized spacial score (nSPS) is 12.3. The largest absolute Gasteiger partial charge is 0.328 e. The van der Waals surface area contributed by atoms with E-state index in [1.165, 1.54) is 0 Å². The van der Waals surface area contributed by atoms with Crippen LogP contribution in [0.3, 0.4) is 0 Å². The molecule has 124 valence electrons.